The van der Waals surface area contributed by atoms with E-state index in [0.717, 1.165) is 11.3 Å². The van der Waals surface area contributed by atoms with Crippen LogP contribution in [0.5, 0.6) is 0 Å². The molecule has 118 valence electrons. The highest BCUT2D eigenvalue weighted by molar-refractivity contribution is 6.01. The molecule has 0 bridgehead atoms. The number of halogens is 1. The molecule has 0 radical (unpaired) electrons. The van der Waals surface area contributed by atoms with Gasteiger partial charge in [0, 0.05) is 18.9 Å². The molecular weight excluding hydrogens is 283 g/mol. The van der Waals surface area contributed by atoms with Crippen LogP contribution in [-0.4, -0.2) is 35.7 Å². The van der Waals surface area contributed by atoms with Gasteiger partial charge in [0.25, 0.3) is 0 Å². The summed E-state index contributed by atoms with van der Waals surface area (Å²) < 4.78 is 12.9. The molecule has 4 nitrogen and oxygen atoms in total. The zero-order valence-electron chi connectivity index (χ0n) is 13.0. The third-order valence-corrected chi connectivity index (χ3v) is 3.49. The molecule has 1 aromatic carbocycles. The largest absolute Gasteiger partial charge is 0.390 e. The van der Waals surface area contributed by atoms with E-state index in [1.165, 1.54) is 12.1 Å². The number of oxime groups is 1. The normalized spacial score (nSPS) is 17.1. The Morgan fingerprint density at radius 2 is 2.18 bits per heavy atom. The fourth-order valence-corrected chi connectivity index (χ4v) is 2.36. The molecule has 22 heavy (non-hydrogen) atoms. The van der Waals surface area contributed by atoms with Crippen molar-refractivity contribution in [3.63, 3.8) is 0 Å². The Bertz CT molecular complexity index is 567. The number of amides is 1. The molecule has 0 saturated heterocycles. The van der Waals surface area contributed by atoms with Crippen molar-refractivity contribution in [3.05, 3.63) is 48.3 Å². The van der Waals surface area contributed by atoms with E-state index >= 15 is 0 Å². The zero-order chi connectivity index (χ0) is 16.1. The lowest BCUT2D eigenvalue weighted by Gasteiger charge is -2.25. The zero-order valence-corrected chi connectivity index (χ0v) is 13.0. The Balaban J connectivity index is 1.97. The van der Waals surface area contributed by atoms with E-state index in [1.54, 1.807) is 23.1 Å². The van der Waals surface area contributed by atoms with Gasteiger partial charge in [-0.15, -0.1) is 6.58 Å². The van der Waals surface area contributed by atoms with E-state index < -0.39 is 0 Å². The third-order valence-electron chi connectivity index (χ3n) is 3.49. The van der Waals surface area contributed by atoms with Crippen LogP contribution in [0.3, 0.4) is 0 Å². The van der Waals surface area contributed by atoms with Crippen molar-refractivity contribution < 1.29 is 14.0 Å². The highest BCUT2D eigenvalue weighted by Crippen LogP contribution is 2.18. The lowest BCUT2D eigenvalue weighted by Crippen LogP contribution is -2.40. The van der Waals surface area contributed by atoms with Crippen molar-refractivity contribution in [2.75, 3.05) is 13.1 Å². The summed E-state index contributed by atoms with van der Waals surface area (Å²) in [5.41, 5.74) is 1.62. The van der Waals surface area contributed by atoms with Crippen LogP contribution in [0.25, 0.3) is 0 Å². The highest BCUT2D eigenvalue weighted by atomic mass is 19.1. The van der Waals surface area contributed by atoms with Crippen LogP contribution in [0.2, 0.25) is 0 Å². The maximum Gasteiger partial charge on any atom is 0.225 e. The predicted octanol–water partition coefficient (Wildman–Crippen LogP) is 2.99. The highest BCUT2D eigenvalue weighted by Gasteiger charge is 2.27. The maximum atomic E-state index is 12.9. The van der Waals surface area contributed by atoms with Crippen molar-refractivity contribution in [1.29, 1.82) is 0 Å². The summed E-state index contributed by atoms with van der Waals surface area (Å²) in [7, 11) is 0. The summed E-state index contributed by atoms with van der Waals surface area (Å²) in [6.45, 7) is 8.39. The average molecular weight is 304 g/mol. The number of carbonyl (C=O) groups is 1. The minimum Gasteiger partial charge on any atom is -0.390 e. The summed E-state index contributed by atoms with van der Waals surface area (Å²) in [6.07, 6.45) is 2.13. The fourth-order valence-electron chi connectivity index (χ4n) is 2.36. The first-order chi connectivity index (χ1) is 10.5. The van der Waals surface area contributed by atoms with Gasteiger partial charge in [-0.1, -0.05) is 37.2 Å². The third kappa shape index (κ3) is 3.93. The number of rotatable bonds is 6. The summed E-state index contributed by atoms with van der Waals surface area (Å²) in [4.78, 5) is 19.3. The Kier molecular flexibility index (Phi) is 5.31. The van der Waals surface area contributed by atoms with Gasteiger partial charge in [0.05, 0.1) is 12.3 Å². The van der Waals surface area contributed by atoms with Gasteiger partial charge in [-0.3, -0.25) is 4.79 Å². The molecule has 1 amide bonds. The number of nitrogens with zero attached hydrogens (tertiary/aromatic N) is 2. The van der Waals surface area contributed by atoms with E-state index in [2.05, 4.69) is 11.7 Å². The first kappa shape index (κ1) is 16.2. The van der Waals surface area contributed by atoms with Crippen LogP contribution >= 0.6 is 0 Å². The molecular formula is C17H21FN2O2. The molecule has 1 aliphatic rings. The van der Waals surface area contributed by atoms with Crippen LogP contribution in [0.15, 0.2) is 42.1 Å². The van der Waals surface area contributed by atoms with Crippen molar-refractivity contribution >= 4 is 11.6 Å². The number of hydrogen-bond donors (Lipinski definition) is 0. The van der Waals surface area contributed by atoms with Gasteiger partial charge in [-0.25, -0.2) is 4.39 Å². The van der Waals surface area contributed by atoms with Gasteiger partial charge in [0.1, 0.15) is 5.82 Å². The summed E-state index contributed by atoms with van der Waals surface area (Å²) in [5.74, 6) is -0.280. The lowest BCUT2D eigenvalue weighted by atomic mass is 10.0. The summed E-state index contributed by atoms with van der Waals surface area (Å²) in [6, 6.07) is 6.16. The van der Waals surface area contributed by atoms with Gasteiger partial charge in [0.15, 0.2) is 6.10 Å². The van der Waals surface area contributed by atoms with Crippen LogP contribution in [0.4, 0.5) is 4.39 Å². The molecule has 0 saturated carbocycles. The Morgan fingerprint density at radius 3 is 2.77 bits per heavy atom. The smallest absolute Gasteiger partial charge is 0.225 e. The second kappa shape index (κ2) is 7.20. The average Bonchev–Trinajstić information content (AvgIpc) is 2.95. The first-order valence-corrected chi connectivity index (χ1v) is 7.39. The van der Waals surface area contributed by atoms with Crippen molar-refractivity contribution in [3.8, 4) is 0 Å². The van der Waals surface area contributed by atoms with Crippen LogP contribution < -0.4 is 0 Å². The van der Waals surface area contributed by atoms with E-state index in [0.29, 0.717) is 19.5 Å². The second-order valence-electron chi connectivity index (χ2n) is 5.66. The van der Waals surface area contributed by atoms with Gasteiger partial charge in [-0.05, 0) is 17.7 Å². The maximum absolute atomic E-state index is 12.9. The predicted molar refractivity (Wildman–Crippen MR) is 84.0 cm³/mol. The monoisotopic (exact) mass is 304 g/mol. The molecule has 0 N–H and O–H groups in total. The molecule has 1 atom stereocenters. The van der Waals surface area contributed by atoms with Gasteiger partial charge >= 0.3 is 0 Å². The van der Waals surface area contributed by atoms with Crippen LogP contribution in [-0.2, 0) is 9.63 Å². The van der Waals surface area contributed by atoms with E-state index in [-0.39, 0.29) is 23.7 Å². The molecule has 0 fully saturated rings. The van der Waals surface area contributed by atoms with Gasteiger partial charge in [-0.2, -0.15) is 0 Å². The van der Waals surface area contributed by atoms with E-state index in [1.807, 2.05) is 13.8 Å². The summed E-state index contributed by atoms with van der Waals surface area (Å²) in [5, 5.41) is 4.06. The first-order valence-electron chi connectivity index (χ1n) is 7.39. The number of carbonyl (C=O) groups excluding carboxylic acids is 1. The van der Waals surface area contributed by atoms with Gasteiger partial charge in [0.2, 0.25) is 5.91 Å². The van der Waals surface area contributed by atoms with Crippen LogP contribution in [0, 0.1) is 11.7 Å². The quantitative estimate of drug-likeness (QED) is 0.758. The Hall–Kier alpha value is -2.17. The Morgan fingerprint density at radius 1 is 1.50 bits per heavy atom. The minimum atomic E-state index is -0.278. The molecule has 2 rings (SSSR count). The molecule has 0 aliphatic carbocycles. The molecule has 1 unspecified atom stereocenters. The standard InChI is InChI=1S/C17H21FN2O2/c1-4-9-20(17(21)12(2)3)11-15-10-16(19-22-15)13-5-7-14(18)8-6-13/h4-8,12,15H,1,9-11H2,2-3H3. The van der Waals surface area contributed by atoms with E-state index in [9.17, 15) is 9.18 Å². The second-order valence-corrected chi connectivity index (χ2v) is 5.66. The topological polar surface area (TPSA) is 41.9 Å². The molecule has 1 heterocycles. The molecule has 0 aromatic heterocycles. The number of hydrogen-bond acceptors (Lipinski definition) is 3. The van der Waals surface area contributed by atoms with Crippen molar-refractivity contribution in [2.45, 2.75) is 26.4 Å². The molecule has 1 aliphatic heterocycles. The molecule has 5 heteroatoms. The van der Waals surface area contributed by atoms with Gasteiger partial charge < -0.3 is 9.74 Å². The summed E-state index contributed by atoms with van der Waals surface area (Å²) >= 11 is 0. The Labute approximate surface area is 130 Å². The minimum absolute atomic E-state index is 0.0683. The molecule has 0 spiro atoms. The number of benzene rings is 1. The fraction of sp³-hybridized carbons (Fsp3) is 0.412. The van der Waals surface area contributed by atoms with Crippen LogP contribution in [0.1, 0.15) is 25.8 Å². The lowest BCUT2D eigenvalue weighted by molar-refractivity contribution is -0.135. The van der Waals surface area contributed by atoms with Crippen molar-refractivity contribution in [2.24, 2.45) is 11.1 Å². The van der Waals surface area contributed by atoms with Crippen molar-refractivity contribution in [1.82, 2.24) is 4.90 Å². The van der Waals surface area contributed by atoms with E-state index in [4.69, 9.17) is 4.84 Å². The SMILES string of the molecule is C=CCN(CC1CC(c2ccc(F)cc2)=NO1)C(=O)C(C)C. The molecule has 1 aromatic rings.